The lowest BCUT2D eigenvalue weighted by Gasteiger charge is -2.17. The van der Waals surface area contributed by atoms with Gasteiger partial charge in [0, 0.05) is 11.4 Å². The van der Waals surface area contributed by atoms with Gasteiger partial charge in [-0.05, 0) is 26.0 Å². The van der Waals surface area contributed by atoms with E-state index in [9.17, 15) is 19.5 Å². The molecule has 1 amide bonds. The smallest absolute Gasteiger partial charge is 0.322 e. The number of aromatic nitrogens is 1. The molecule has 2 aromatic rings. The molecule has 0 aliphatic carbocycles. The van der Waals surface area contributed by atoms with Crippen molar-refractivity contribution in [2.45, 2.75) is 19.9 Å². The third-order valence-electron chi connectivity index (χ3n) is 3.23. The maximum absolute atomic E-state index is 12.5. The molecule has 3 N–H and O–H groups in total. The number of carboxylic acids is 1. The predicted octanol–water partition coefficient (Wildman–Crippen LogP) is 1.10. The Morgan fingerprint density at radius 1 is 1.27 bits per heavy atom. The average molecular weight is 304 g/mol. The fourth-order valence-corrected chi connectivity index (χ4v) is 2.31. The first-order valence-corrected chi connectivity index (χ1v) is 6.70. The average Bonchev–Trinajstić information content (AvgIpc) is 2.45. The number of nitrogens with one attached hydrogen (secondary N) is 1. The number of fused-ring (bicyclic) bond motifs is 1. The van der Waals surface area contributed by atoms with Crippen LogP contribution in [0.25, 0.3) is 10.9 Å². The number of benzene rings is 1. The molecule has 0 saturated heterocycles. The zero-order valence-corrected chi connectivity index (χ0v) is 12.2. The van der Waals surface area contributed by atoms with Crippen LogP contribution in [0.4, 0.5) is 0 Å². The SMILES string of the molecule is CC(C)n1c(=O)c(C(=O)NCC(=O)O)c(O)c2ccccc21. The van der Waals surface area contributed by atoms with Crippen molar-refractivity contribution in [2.75, 3.05) is 6.54 Å². The van der Waals surface area contributed by atoms with Gasteiger partial charge in [0.15, 0.2) is 0 Å². The molecule has 22 heavy (non-hydrogen) atoms. The van der Waals surface area contributed by atoms with Gasteiger partial charge in [-0.2, -0.15) is 0 Å². The highest BCUT2D eigenvalue weighted by molar-refractivity contribution is 6.03. The summed E-state index contributed by atoms with van der Waals surface area (Å²) in [7, 11) is 0. The van der Waals surface area contributed by atoms with Gasteiger partial charge in [0.25, 0.3) is 11.5 Å². The van der Waals surface area contributed by atoms with E-state index in [-0.39, 0.29) is 6.04 Å². The number of carbonyl (C=O) groups is 2. The monoisotopic (exact) mass is 304 g/mol. The van der Waals surface area contributed by atoms with Gasteiger partial charge in [0.2, 0.25) is 0 Å². The van der Waals surface area contributed by atoms with Crippen LogP contribution >= 0.6 is 0 Å². The van der Waals surface area contributed by atoms with Crippen LogP contribution in [0.2, 0.25) is 0 Å². The lowest BCUT2D eigenvalue weighted by molar-refractivity contribution is -0.135. The van der Waals surface area contributed by atoms with Crippen molar-refractivity contribution in [1.82, 2.24) is 9.88 Å². The Hall–Kier alpha value is -2.83. The fourth-order valence-electron chi connectivity index (χ4n) is 2.31. The number of carboxylic acid groups (broad SMARTS) is 1. The van der Waals surface area contributed by atoms with Crippen molar-refractivity contribution < 1.29 is 19.8 Å². The van der Waals surface area contributed by atoms with Crippen molar-refractivity contribution in [3.05, 3.63) is 40.2 Å². The van der Waals surface area contributed by atoms with E-state index >= 15 is 0 Å². The van der Waals surface area contributed by atoms with Gasteiger partial charge < -0.3 is 20.1 Å². The first-order chi connectivity index (χ1) is 10.3. The second kappa shape index (κ2) is 5.88. The molecular formula is C15H16N2O5. The van der Waals surface area contributed by atoms with Crippen LogP contribution in [0.1, 0.15) is 30.2 Å². The molecule has 0 radical (unpaired) electrons. The first-order valence-electron chi connectivity index (χ1n) is 6.70. The number of rotatable bonds is 4. The van der Waals surface area contributed by atoms with Crippen LogP contribution in [0, 0.1) is 0 Å². The summed E-state index contributed by atoms with van der Waals surface area (Å²) in [4.78, 5) is 35.1. The van der Waals surface area contributed by atoms with E-state index in [2.05, 4.69) is 5.32 Å². The summed E-state index contributed by atoms with van der Waals surface area (Å²) in [5, 5.41) is 21.3. The molecule has 0 fully saturated rings. The van der Waals surface area contributed by atoms with Gasteiger partial charge in [0.1, 0.15) is 17.9 Å². The molecule has 1 heterocycles. The predicted molar refractivity (Wildman–Crippen MR) is 80.2 cm³/mol. The number of aliphatic carboxylic acids is 1. The Morgan fingerprint density at radius 3 is 2.50 bits per heavy atom. The van der Waals surface area contributed by atoms with E-state index < -0.39 is 35.3 Å². The summed E-state index contributed by atoms with van der Waals surface area (Å²) in [6.07, 6.45) is 0. The number of aromatic hydroxyl groups is 1. The van der Waals surface area contributed by atoms with E-state index in [1.807, 2.05) is 0 Å². The lowest BCUT2D eigenvalue weighted by atomic mass is 10.1. The minimum atomic E-state index is -1.24. The zero-order chi connectivity index (χ0) is 16.4. The molecule has 116 valence electrons. The van der Waals surface area contributed by atoms with E-state index in [1.54, 1.807) is 38.1 Å². The molecule has 0 atom stereocenters. The molecule has 0 unspecified atom stereocenters. The van der Waals surface area contributed by atoms with Crippen LogP contribution in [0.3, 0.4) is 0 Å². The molecule has 0 spiro atoms. The molecule has 0 aliphatic heterocycles. The lowest BCUT2D eigenvalue weighted by Crippen LogP contribution is -2.36. The second-order valence-electron chi connectivity index (χ2n) is 5.09. The number of carbonyl (C=O) groups excluding carboxylic acids is 1. The van der Waals surface area contributed by atoms with Crippen molar-refractivity contribution in [2.24, 2.45) is 0 Å². The molecule has 0 aliphatic rings. The molecule has 0 saturated carbocycles. The van der Waals surface area contributed by atoms with Crippen LogP contribution in [-0.4, -0.2) is 33.2 Å². The van der Waals surface area contributed by atoms with Gasteiger partial charge in [0.05, 0.1) is 5.52 Å². The maximum atomic E-state index is 12.5. The fraction of sp³-hybridized carbons (Fsp3) is 0.267. The Bertz CT molecular complexity index is 807. The normalized spacial score (nSPS) is 10.9. The first kappa shape index (κ1) is 15.6. The van der Waals surface area contributed by atoms with Crippen LogP contribution in [0.15, 0.2) is 29.1 Å². The van der Waals surface area contributed by atoms with E-state index in [0.29, 0.717) is 10.9 Å². The molecule has 7 nitrogen and oxygen atoms in total. The molecule has 1 aromatic carbocycles. The molecule has 0 bridgehead atoms. The number of pyridine rings is 1. The summed E-state index contributed by atoms with van der Waals surface area (Å²) >= 11 is 0. The van der Waals surface area contributed by atoms with E-state index in [0.717, 1.165) is 0 Å². The number of nitrogens with zero attached hydrogens (tertiary/aromatic N) is 1. The van der Waals surface area contributed by atoms with Crippen molar-refractivity contribution in [1.29, 1.82) is 0 Å². The molecule has 7 heteroatoms. The zero-order valence-electron chi connectivity index (χ0n) is 12.2. The highest BCUT2D eigenvalue weighted by Gasteiger charge is 2.23. The third-order valence-corrected chi connectivity index (χ3v) is 3.23. The largest absolute Gasteiger partial charge is 0.506 e. The Morgan fingerprint density at radius 2 is 1.91 bits per heavy atom. The Labute approximate surface area is 125 Å². The minimum absolute atomic E-state index is 0.232. The third kappa shape index (κ3) is 2.65. The second-order valence-corrected chi connectivity index (χ2v) is 5.09. The standard InChI is InChI=1S/C15H16N2O5/c1-8(2)17-10-6-4-3-5-9(10)13(20)12(15(17)22)14(21)16-7-11(18)19/h3-6,8,20H,7H2,1-2H3,(H,16,21)(H,18,19). The van der Waals surface area contributed by atoms with Crippen molar-refractivity contribution in [3.8, 4) is 5.75 Å². The molecular weight excluding hydrogens is 288 g/mol. The number of para-hydroxylation sites is 1. The number of hydrogen-bond acceptors (Lipinski definition) is 4. The minimum Gasteiger partial charge on any atom is -0.506 e. The summed E-state index contributed by atoms with van der Waals surface area (Å²) in [5.74, 6) is -2.59. The van der Waals surface area contributed by atoms with Crippen molar-refractivity contribution in [3.63, 3.8) is 0 Å². The van der Waals surface area contributed by atoms with Crippen LogP contribution < -0.4 is 10.9 Å². The maximum Gasteiger partial charge on any atom is 0.322 e. The highest BCUT2D eigenvalue weighted by Crippen LogP contribution is 2.27. The van der Waals surface area contributed by atoms with E-state index in [4.69, 9.17) is 5.11 Å². The van der Waals surface area contributed by atoms with Gasteiger partial charge in [-0.15, -0.1) is 0 Å². The van der Waals surface area contributed by atoms with Crippen molar-refractivity contribution >= 4 is 22.8 Å². The summed E-state index contributed by atoms with van der Waals surface area (Å²) in [6.45, 7) is 2.93. The highest BCUT2D eigenvalue weighted by atomic mass is 16.4. The van der Waals surface area contributed by atoms with Gasteiger partial charge >= 0.3 is 5.97 Å². The van der Waals surface area contributed by atoms with Gasteiger partial charge in [-0.3, -0.25) is 14.4 Å². The Balaban J connectivity index is 2.72. The van der Waals surface area contributed by atoms with Crippen LogP contribution in [0.5, 0.6) is 5.75 Å². The Kier molecular flexibility index (Phi) is 4.16. The quantitative estimate of drug-likeness (QED) is 0.784. The summed E-state index contributed by atoms with van der Waals surface area (Å²) < 4.78 is 1.39. The van der Waals surface area contributed by atoms with Gasteiger partial charge in [-0.1, -0.05) is 12.1 Å². The number of hydrogen-bond donors (Lipinski definition) is 3. The van der Waals surface area contributed by atoms with E-state index in [1.165, 1.54) is 4.57 Å². The summed E-state index contributed by atoms with van der Waals surface area (Å²) in [6, 6.07) is 6.44. The topological polar surface area (TPSA) is 109 Å². The van der Waals surface area contributed by atoms with Gasteiger partial charge in [-0.25, -0.2) is 0 Å². The number of amides is 1. The summed E-state index contributed by atoms with van der Waals surface area (Å²) in [5.41, 5.74) is -0.600. The molecule has 1 aromatic heterocycles. The molecule has 2 rings (SSSR count). The van der Waals surface area contributed by atoms with Crippen LogP contribution in [-0.2, 0) is 4.79 Å².